The second-order valence-electron chi connectivity index (χ2n) is 4.69. The van der Waals surface area contributed by atoms with Gasteiger partial charge in [-0.05, 0) is 39.0 Å². The maximum absolute atomic E-state index is 10.8. The summed E-state index contributed by atoms with van der Waals surface area (Å²) in [4.78, 5) is 17.1. The van der Waals surface area contributed by atoms with Gasteiger partial charge in [-0.1, -0.05) is 0 Å². The molecule has 18 heavy (non-hydrogen) atoms. The molecule has 0 amide bonds. The number of nitrogen functional groups attached to an aromatic ring is 1. The lowest BCUT2D eigenvalue weighted by molar-refractivity contribution is 0.0696. The molecule has 1 aliphatic rings. The van der Waals surface area contributed by atoms with Crippen LogP contribution in [0.5, 0.6) is 0 Å². The van der Waals surface area contributed by atoms with Crippen LogP contribution in [0.2, 0.25) is 0 Å². The Hall–Kier alpha value is -1.82. The standard InChI is InChI=1S/C12H18N4O2/c1-16-4-2-9(3-5-16)15-11-10(13)6-8(7-14-11)12(17)18/h6-7,9H,2-5,13H2,1H3,(H,14,15)(H,17,18). The first-order valence-electron chi connectivity index (χ1n) is 6.00. The number of carboxylic acids is 1. The van der Waals surface area contributed by atoms with E-state index in [1.54, 1.807) is 0 Å². The van der Waals surface area contributed by atoms with Gasteiger partial charge in [0.25, 0.3) is 0 Å². The molecule has 0 atom stereocenters. The van der Waals surface area contributed by atoms with E-state index in [2.05, 4.69) is 22.2 Å². The predicted molar refractivity (Wildman–Crippen MR) is 69.8 cm³/mol. The van der Waals surface area contributed by atoms with Crippen LogP contribution in [-0.4, -0.2) is 47.1 Å². The van der Waals surface area contributed by atoms with Crippen molar-refractivity contribution >= 4 is 17.5 Å². The summed E-state index contributed by atoms with van der Waals surface area (Å²) in [6, 6.07) is 1.79. The van der Waals surface area contributed by atoms with E-state index in [4.69, 9.17) is 10.8 Å². The molecule has 0 spiro atoms. The van der Waals surface area contributed by atoms with Gasteiger partial charge < -0.3 is 21.1 Å². The molecule has 0 aromatic carbocycles. The van der Waals surface area contributed by atoms with E-state index in [-0.39, 0.29) is 5.56 Å². The maximum atomic E-state index is 10.8. The lowest BCUT2D eigenvalue weighted by Crippen LogP contribution is -2.37. The number of aromatic nitrogens is 1. The minimum absolute atomic E-state index is 0.112. The van der Waals surface area contributed by atoms with Gasteiger partial charge in [0.1, 0.15) is 5.82 Å². The van der Waals surface area contributed by atoms with Crippen LogP contribution in [0.3, 0.4) is 0 Å². The highest BCUT2D eigenvalue weighted by Gasteiger charge is 2.18. The summed E-state index contributed by atoms with van der Waals surface area (Å²) in [5.74, 6) is -0.436. The van der Waals surface area contributed by atoms with Crippen LogP contribution in [0.1, 0.15) is 23.2 Å². The average Bonchev–Trinajstić information content (AvgIpc) is 2.34. The first-order valence-corrected chi connectivity index (χ1v) is 6.00. The Morgan fingerprint density at radius 1 is 1.56 bits per heavy atom. The largest absolute Gasteiger partial charge is 0.478 e. The Balaban J connectivity index is 2.03. The molecule has 1 saturated heterocycles. The molecule has 0 bridgehead atoms. The van der Waals surface area contributed by atoms with Gasteiger partial charge in [-0.3, -0.25) is 0 Å². The molecule has 2 heterocycles. The minimum atomic E-state index is -1.01. The molecule has 6 nitrogen and oxygen atoms in total. The van der Waals surface area contributed by atoms with E-state index < -0.39 is 5.97 Å². The Kier molecular flexibility index (Phi) is 3.66. The molecule has 1 aromatic rings. The monoisotopic (exact) mass is 250 g/mol. The SMILES string of the molecule is CN1CCC(Nc2ncc(C(=O)O)cc2N)CC1. The van der Waals surface area contributed by atoms with Crippen LogP contribution in [0.15, 0.2) is 12.3 Å². The first-order chi connectivity index (χ1) is 8.56. The van der Waals surface area contributed by atoms with E-state index in [9.17, 15) is 4.79 Å². The normalized spacial score (nSPS) is 17.6. The van der Waals surface area contributed by atoms with Gasteiger partial charge in [-0.25, -0.2) is 9.78 Å². The lowest BCUT2D eigenvalue weighted by atomic mass is 10.1. The van der Waals surface area contributed by atoms with Crippen LogP contribution in [0.4, 0.5) is 11.5 Å². The number of piperidine rings is 1. The third kappa shape index (κ3) is 2.89. The summed E-state index contributed by atoms with van der Waals surface area (Å²) < 4.78 is 0. The molecule has 0 aliphatic carbocycles. The lowest BCUT2D eigenvalue weighted by Gasteiger charge is -2.30. The number of hydrogen-bond acceptors (Lipinski definition) is 5. The average molecular weight is 250 g/mol. The topological polar surface area (TPSA) is 91.5 Å². The number of aromatic carboxylic acids is 1. The van der Waals surface area contributed by atoms with Gasteiger partial charge in [-0.15, -0.1) is 0 Å². The van der Waals surface area contributed by atoms with E-state index in [0.29, 0.717) is 17.5 Å². The summed E-state index contributed by atoms with van der Waals surface area (Å²) in [7, 11) is 2.10. The number of anilines is 2. The third-order valence-corrected chi connectivity index (χ3v) is 3.22. The van der Waals surface area contributed by atoms with Crippen LogP contribution in [-0.2, 0) is 0 Å². The highest BCUT2D eigenvalue weighted by atomic mass is 16.4. The van der Waals surface area contributed by atoms with E-state index >= 15 is 0 Å². The fraction of sp³-hybridized carbons (Fsp3) is 0.500. The smallest absolute Gasteiger partial charge is 0.337 e. The molecule has 6 heteroatoms. The Bertz CT molecular complexity index is 442. The van der Waals surface area contributed by atoms with Gasteiger partial charge in [0.2, 0.25) is 0 Å². The molecular weight excluding hydrogens is 232 g/mol. The molecule has 0 unspecified atom stereocenters. The van der Waals surface area contributed by atoms with E-state index in [1.807, 2.05) is 0 Å². The first kappa shape index (κ1) is 12.6. The van der Waals surface area contributed by atoms with E-state index in [1.165, 1.54) is 12.3 Å². The van der Waals surface area contributed by atoms with Crippen LogP contribution in [0, 0.1) is 0 Å². The zero-order valence-corrected chi connectivity index (χ0v) is 10.4. The number of likely N-dealkylation sites (tertiary alicyclic amines) is 1. The summed E-state index contributed by atoms with van der Waals surface area (Å²) in [5.41, 5.74) is 6.30. The van der Waals surface area contributed by atoms with Crippen molar-refractivity contribution in [2.45, 2.75) is 18.9 Å². The maximum Gasteiger partial charge on any atom is 0.337 e. The number of nitrogens with two attached hydrogens (primary N) is 1. The fourth-order valence-electron chi connectivity index (χ4n) is 2.07. The molecule has 98 valence electrons. The van der Waals surface area contributed by atoms with Crippen molar-refractivity contribution in [1.82, 2.24) is 9.88 Å². The quantitative estimate of drug-likeness (QED) is 0.737. The molecule has 0 saturated carbocycles. The number of nitrogens with zero attached hydrogens (tertiary/aromatic N) is 2. The number of pyridine rings is 1. The molecule has 1 aromatic heterocycles. The van der Waals surface area contributed by atoms with Gasteiger partial charge in [-0.2, -0.15) is 0 Å². The summed E-state index contributed by atoms with van der Waals surface area (Å²) in [6.45, 7) is 2.09. The molecule has 0 radical (unpaired) electrons. The number of hydrogen-bond donors (Lipinski definition) is 3. The highest BCUT2D eigenvalue weighted by molar-refractivity contribution is 5.89. The molecular formula is C12H18N4O2. The zero-order chi connectivity index (χ0) is 13.1. The molecule has 1 aliphatic heterocycles. The van der Waals surface area contributed by atoms with Crippen molar-refractivity contribution in [2.75, 3.05) is 31.2 Å². The van der Waals surface area contributed by atoms with Gasteiger partial charge in [0.15, 0.2) is 0 Å². The number of carbonyl (C=O) groups is 1. The van der Waals surface area contributed by atoms with Crippen molar-refractivity contribution in [2.24, 2.45) is 0 Å². The van der Waals surface area contributed by atoms with Crippen molar-refractivity contribution in [1.29, 1.82) is 0 Å². The molecule has 1 fully saturated rings. The number of carboxylic acid groups (broad SMARTS) is 1. The second-order valence-corrected chi connectivity index (χ2v) is 4.69. The predicted octanol–water partition coefficient (Wildman–Crippen LogP) is 0.868. The Labute approximate surface area is 106 Å². The Morgan fingerprint density at radius 2 is 2.22 bits per heavy atom. The third-order valence-electron chi connectivity index (χ3n) is 3.22. The number of rotatable bonds is 3. The Morgan fingerprint density at radius 3 is 2.78 bits per heavy atom. The zero-order valence-electron chi connectivity index (χ0n) is 10.4. The van der Waals surface area contributed by atoms with E-state index in [0.717, 1.165) is 25.9 Å². The van der Waals surface area contributed by atoms with Crippen LogP contribution >= 0.6 is 0 Å². The summed E-state index contributed by atoms with van der Waals surface area (Å²) in [6.07, 6.45) is 3.41. The number of nitrogens with one attached hydrogen (secondary N) is 1. The minimum Gasteiger partial charge on any atom is -0.478 e. The highest BCUT2D eigenvalue weighted by Crippen LogP contribution is 2.20. The van der Waals surface area contributed by atoms with Crippen molar-refractivity contribution in [3.8, 4) is 0 Å². The van der Waals surface area contributed by atoms with Gasteiger partial charge >= 0.3 is 5.97 Å². The summed E-state index contributed by atoms with van der Waals surface area (Å²) in [5, 5.41) is 12.1. The van der Waals surface area contributed by atoms with Crippen LogP contribution < -0.4 is 11.1 Å². The van der Waals surface area contributed by atoms with Gasteiger partial charge in [0, 0.05) is 12.2 Å². The van der Waals surface area contributed by atoms with Crippen LogP contribution in [0.25, 0.3) is 0 Å². The van der Waals surface area contributed by atoms with Crippen molar-refractivity contribution in [3.05, 3.63) is 17.8 Å². The summed E-state index contributed by atoms with van der Waals surface area (Å²) >= 11 is 0. The fourth-order valence-corrected chi connectivity index (χ4v) is 2.07. The van der Waals surface area contributed by atoms with Crippen molar-refractivity contribution in [3.63, 3.8) is 0 Å². The second kappa shape index (κ2) is 5.22. The van der Waals surface area contributed by atoms with Crippen molar-refractivity contribution < 1.29 is 9.90 Å². The molecule has 4 N–H and O–H groups in total. The van der Waals surface area contributed by atoms with Gasteiger partial charge in [0.05, 0.1) is 11.3 Å². The molecule has 2 rings (SSSR count).